The molecule has 0 spiro atoms. The van der Waals surface area contributed by atoms with Gasteiger partial charge in [0.05, 0.1) is 17.7 Å². The summed E-state index contributed by atoms with van der Waals surface area (Å²) in [7, 11) is -2.55. The van der Waals surface area contributed by atoms with Gasteiger partial charge >= 0.3 is 0 Å². The molecule has 0 aliphatic carbocycles. The lowest BCUT2D eigenvalue weighted by molar-refractivity contribution is -0.140. The second kappa shape index (κ2) is 12.6. The quantitative estimate of drug-likeness (QED) is 0.380. The Labute approximate surface area is 238 Å². The maximum absolute atomic E-state index is 14.0. The van der Waals surface area contributed by atoms with Crippen molar-refractivity contribution in [1.82, 2.24) is 10.2 Å². The maximum Gasteiger partial charge on any atom is 0.264 e. The largest absolute Gasteiger partial charge is 0.497 e. The minimum absolute atomic E-state index is 0.0735. The molecule has 3 aromatic rings. The van der Waals surface area contributed by atoms with Crippen LogP contribution in [0.4, 0.5) is 5.69 Å². The second-order valence-corrected chi connectivity index (χ2v) is 12.8. The molecule has 1 atom stereocenters. The highest BCUT2D eigenvalue weighted by molar-refractivity contribution is 7.92. The Balaban J connectivity index is 2.04. The van der Waals surface area contributed by atoms with E-state index in [0.717, 1.165) is 21.0 Å². The van der Waals surface area contributed by atoms with Crippen molar-refractivity contribution in [3.8, 4) is 5.75 Å². The van der Waals surface area contributed by atoms with Crippen molar-refractivity contribution in [3.05, 3.63) is 89.5 Å². The normalized spacial score (nSPS) is 12.4. The minimum Gasteiger partial charge on any atom is -0.497 e. The van der Waals surface area contributed by atoms with E-state index in [0.29, 0.717) is 11.4 Å². The fourth-order valence-electron chi connectivity index (χ4n) is 4.10. The Hall–Kier alpha value is -3.85. The van der Waals surface area contributed by atoms with Crippen molar-refractivity contribution in [2.24, 2.45) is 0 Å². The number of anilines is 1. The van der Waals surface area contributed by atoms with Gasteiger partial charge in [0.15, 0.2) is 0 Å². The number of hydrogen-bond donors (Lipinski definition) is 1. The first-order valence-electron chi connectivity index (χ1n) is 13.1. The first-order chi connectivity index (χ1) is 18.7. The number of nitrogens with one attached hydrogen (secondary N) is 1. The molecule has 0 heterocycles. The van der Waals surface area contributed by atoms with Crippen LogP contribution >= 0.6 is 0 Å². The number of nitrogens with zero attached hydrogens (tertiary/aromatic N) is 2. The van der Waals surface area contributed by atoms with E-state index in [4.69, 9.17) is 4.74 Å². The summed E-state index contributed by atoms with van der Waals surface area (Å²) >= 11 is 0. The molecule has 8 nitrogen and oxygen atoms in total. The van der Waals surface area contributed by atoms with Gasteiger partial charge in [0.1, 0.15) is 18.3 Å². The van der Waals surface area contributed by atoms with E-state index in [1.54, 1.807) is 68.6 Å². The smallest absolute Gasteiger partial charge is 0.264 e. The van der Waals surface area contributed by atoms with Gasteiger partial charge in [-0.1, -0.05) is 47.5 Å². The number of benzene rings is 3. The zero-order chi connectivity index (χ0) is 29.7. The van der Waals surface area contributed by atoms with E-state index < -0.39 is 34.1 Å². The summed E-state index contributed by atoms with van der Waals surface area (Å²) < 4.78 is 34.2. The number of sulfonamides is 1. The molecule has 3 aromatic carbocycles. The lowest BCUT2D eigenvalue weighted by Gasteiger charge is -2.33. The molecular formula is C31H39N3O5S. The summed E-state index contributed by atoms with van der Waals surface area (Å²) in [6.45, 7) is 10.6. The predicted octanol–water partition coefficient (Wildman–Crippen LogP) is 4.84. The van der Waals surface area contributed by atoms with Crippen LogP contribution in [0.25, 0.3) is 0 Å². The number of aryl methyl sites for hydroxylation is 2. The van der Waals surface area contributed by atoms with Gasteiger partial charge in [-0.3, -0.25) is 13.9 Å². The lowest BCUT2D eigenvalue weighted by Crippen LogP contribution is -2.54. The van der Waals surface area contributed by atoms with Crippen molar-refractivity contribution in [2.45, 2.75) is 64.6 Å². The average Bonchev–Trinajstić information content (AvgIpc) is 2.89. The summed E-state index contributed by atoms with van der Waals surface area (Å²) in [5.41, 5.74) is 2.45. The highest BCUT2D eigenvalue weighted by Crippen LogP contribution is 2.25. The Morgan fingerprint density at radius 2 is 1.50 bits per heavy atom. The Morgan fingerprint density at radius 1 is 0.925 bits per heavy atom. The molecule has 0 bridgehead atoms. The van der Waals surface area contributed by atoms with Gasteiger partial charge < -0.3 is 15.0 Å². The van der Waals surface area contributed by atoms with Gasteiger partial charge in [0, 0.05) is 12.1 Å². The third kappa shape index (κ3) is 7.85. The van der Waals surface area contributed by atoms with Crippen molar-refractivity contribution in [3.63, 3.8) is 0 Å². The highest BCUT2D eigenvalue weighted by Gasteiger charge is 2.33. The van der Waals surface area contributed by atoms with E-state index >= 15 is 0 Å². The fraction of sp³-hybridized carbons (Fsp3) is 0.355. The number of methoxy groups -OCH3 is 1. The number of ether oxygens (including phenoxy) is 1. The van der Waals surface area contributed by atoms with Crippen LogP contribution in [-0.4, -0.2) is 50.4 Å². The van der Waals surface area contributed by atoms with Crippen molar-refractivity contribution >= 4 is 27.5 Å². The van der Waals surface area contributed by atoms with Gasteiger partial charge in [-0.15, -0.1) is 0 Å². The first-order valence-corrected chi connectivity index (χ1v) is 14.6. The molecule has 2 amide bonds. The summed E-state index contributed by atoms with van der Waals surface area (Å²) in [4.78, 5) is 28.7. The lowest BCUT2D eigenvalue weighted by atomic mass is 10.1. The molecule has 0 aliphatic heterocycles. The molecule has 3 rings (SSSR count). The van der Waals surface area contributed by atoms with E-state index in [1.807, 2.05) is 40.7 Å². The minimum atomic E-state index is -4.11. The van der Waals surface area contributed by atoms with Gasteiger partial charge in [-0.25, -0.2) is 8.42 Å². The summed E-state index contributed by atoms with van der Waals surface area (Å²) in [6.07, 6.45) is 0. The molecule has 0 saturated carbocycles. The van der Waals surface area contributed by atoms with Crippen LogP contribution in [0.15, 0.2) is 77.7 Å². The van der Waals surface area contributed by atoms with Crippen LogP contribution in [0, 0.1) is 13.8 Å². The third-order valence-corrected chi connectivity index (χ3v) is 8.15. The summed E-state index contributed by atoms with van der Waals surface area (Å²) in [5.74, 6) is -0.248. The Bertz CT molecular complexity index is 1430. The molecule has 0 aliphatic rings. The average molecular weight is 566 g/mol. The van der Waals surface area contributed by atoms with Crippen LogP contribution in [-0.2, 0) is 26.2 Å². The zero-order valence-corrected chi connectivity index (χ0v) is 25.1. The number of amides is 2. The van der Waals surface area contributed by atoms with Crippen LogP contribution in [0.1, 0.15) is 44.4 Å². The number of carbonyl (C=O) groups is 2. The molecule has 9 heteroatoms. The highest BCUT2D eigenvalue weighted by atomic mass is 32.2. The zero-order valence-electron chi connectivity index (χ0n) is 24.3. The molecule has 0 fully saturated rings. The molecule has 0 radical (unpaired) electrons. The van der Waals surface area contributed by atoms with E-state index in [1.165, 1.54) is 17.0 Å². The topological polar surface area (TPSA) is 96.0 Å². The molecule has 40 heavy (non-hydrogen) atoms. The van der Waals surface area contributed by atoms with Crippen LogP contribution in [0.3, 0.4) is 0 Å². The molecule has 214 valence electrons. The number of hydrogen-bond acceptors (Lipinski definition) is 5. The maximum atomic E-state index is 14.0. The van der Waals surface area contributed by atoms with Gasteiger partial charge in [-0.2, -0.15) is 0 Å². The molecule has 0 aromatic heterocycles. The monoisotopic (exact) mass is 565 g/mol. The van der Waals surface area contributed by atoms with Crippen LogP contribution < -0.4 is 14.4 Å². The number of rotatable bonds is 10. The second-order valence-electron chi connectivity index (χ2n) is 10.9. The third-order valence-electron chi connectivity index (χ3n) is 6.36. The van der Waals surface area contributed by atoms with Gasteiger partial charge in [-0.05, 0) is 83.5 Å². The summed E-state index contributed by atoms with van der Waals surface area (Å²) in [5, 5.41) is 2.93. The van der Waals surface area contributed by atoms with Crippen molar-refractivity contribution < 1.29 is 22.7 Å². The van der Waals surface area contributed by atoms with E-state index in [9.17, 15) is 18.0 Å². The van der Waals surface area contributed by atoms with Gasteiger partial charge in [0.2, 0.25) is 11.8 Å². The Morgan fingerprint density at radius 3 is 2.05 bits per heavy atom. The van der Waals surface area contributed by atoms with E-state index in [-0.39, 0.29) is 17.3 Å². The molecule has 0 unspecified atom stereocenters. The van der Waals surface area contributed by atoms with Crippen molar-refractivity contribution in [2.75, 3.05) is 18.0 Å². The Kier molecular flexibility index (Phi) is 9.63. The summed E-state index contributed by atoms with van der Waals surface area (Å²) in [6, 6.07) is 19.8. The van der Waals surface area contributed by atoms with E-state index in [2.05, 4.69) is 5.32 Å². The molecule has 0 saturated heterocycles. The number of carbonyl (C=O) groups excluding carboxylic acids is 2. The SMILES string of the molecule is COc1cccc(CN(C(=O)CN(c2ccc(C)cc2)S(=O)(=O)c2ccc(C)cc2)[C@@H](C)C(=O)NC(C)(C)C)c1. The standard InChI is InChI=1S/C31H39N3O5S/c1-22-11-15-26(16-12-22)34(40(37,38)28-17-13-23(2)14-18-28)21-29(35)33(24(3)30(36)32-31(4,5)6)20-25-9-8-10-27(19-25)39-7/h8-19,24H,20-21H2,1-7H3,(H,32,36)/t24-/m0/s1. The fourth-order valence-corrected chi connectivity index (χ4v) is 5.52. The van der Waals surface area contributed by atoms with Crippen LogP contribution in [0.2, 0.25) is 0 Å². The first kappa shape index (κ1) is 30.7. The molecular weight excluding hydrogens is 526 g/mol. The molecule has 1 N–H and O–H groups in total. The van der Waals surface area contributed by atoms with Crippen LogP contribution in [0.5, 0.6) is 5.75 Å². The van der Waals surface area contributed by atoms with Gasteiger partial charge in [0.25, 0.3) is 10.0 Å². The van der Waals surface area contributed by atoms with Crippen molar-refractivity contribution in [1.29, 1.82) is 0 Å². The predicted molar refractivity (Wildman–Crippen MR) is 158 cm³/mol.